The topological polar surface area (TPSA) is 63.1 Å². The van der Waals surface area contributed by atoms with Crippen molar-refractivity contribution >= 4 is 27.4 Å². The first-order valence-electron chi connectivity index (χ1n) is 4.63. The van der Waals surface area contributed by atoms with Crippen LogP contribution in [0, 0.1) is 0 Å². The molecule has 4 nitrogen and oxygen atoms in total. The average molecular weight is 230 g/mol. The van der Waals surface area contributed by atoms with E-state index in [9.17, 15) is 4.79 Å². The molecule has 1 N–H and O–H groups in total. The lowest BCUT2D eigenvalue weighted by atomic mass is 10.1. The Hall–Kier alpha value is -2.01. The van der Waals surface area contributed by atoms with Gasteiger partial charge in [-0.25, -0.2) is 4.79 Å². The highest BCUT2D eigenvalue weighted by Gasteiger charge is 2.20. The van der Waals surface area contributed by atoms with Crippen LogP contribution in [0.5, 0.6) is 0 Å². The summed E-state index contributed by atoms with van der Waals surface area (Å²) in [5.74, 6) is -1.04. The van der Waals surface area contributed by atoms with E-state index in [1.165, 1.54) is 11.3 Å². The van der Waals surface area contributed by atoms with Gasteiger partial charge in [-0.15, -0.1) is 21.5 Å². The molecule has 0 spiro atoms. The number of rotatable bonds is 1. The number of hydrogen-bond acceptors (Lipinski definition) is 4. The number of aromatic nitrogens is 2. The summed E-state index contributed by atoms with van der Waals surface area (Å²) >= 11 is 1.54. The van der Waals surface area contributed by atoms with Crippen LogP contribution in [0.25, 0.3) is 21.3 Å². The summed E-state index contributed by atoms with van der Waals surface area (Å²) in [6, 6.07) is 7.49. The van der Waals surface area contributed by atoms with Crippen LogP contribution in [0.15, 0.2) is 29.6 Å². The van der Waals surface area contributed by atoms with Gasteiger partial charge in [0.15, 0.2) is 5.69 Å². The third-order valence-corrected chi connectivity index (χ3v) is 3.35. The molecule has 0 fully saturated rings. The van der Waals surface area contributed by atoms with Crippen molar-refractivity contribution < 1.29 is 9.90 Å². The molecule has 3 rings (SSSR count). The van der Waals surface area contributed by atoms with Gasteiger partial charge in [0.05, 0.1) is 4.70 Å². The first-order chi connectivity index (χ1) is 7.77. The van der Waals surface area contributed by atoms with Crippen molar-refractivity contribution in [2.45, 2.75) is 0 Å². The van der Waals surface area contributed by atoms with Crippen LogP contribution < -0.4 is 0 Å². The van der Waals surface area contributed by atoms with Gasteiger partial charge >= 0.3 is 5.97 Å². The van der Waals surface area contributed by atoms with Crippen LogP contribution in [0.1, 0.15) is 10.5 Å². The monoisotopic (exact) mass is 230 g/mol. The highest BCUT2D eigenvalue weighted by Crippen LogP contribution is 2.32. The van der Waals surface area contributed by atoms with Gasteiger partial charge in [0.1, 0.15) is 5.69 Å². The highest BCUT2D eigenvalue weighted by atomic mass is 32.1. The number of thiophene rings is 1. The molecule has 0 radical (unpaired) electrons. The molecular formula is C11H6N2O2S. The minimum absolute atomic E-state index is 0.0147. The van der Waals surface area contributed by atoms with Crippen LogP contribution in [-0.4, -0.2) is 21.3 Å². The van der Waals surface area contributed by atoms with E-state index in [-0.39, 0.29) is 5.69 Å². The van der Waals surface area contributed by atoms with E-state index in [1.807, 2.05) is 23.6 Å². The molecule has 1 aliphatic carbocycles. The Morgan fingerprint density at radius 1 is 1.25 bits per heavy atom. The van der Waals surface area contributed by atoms with Crippen molar-refractivity contribution in [1.82, 2.24) is 10.2 Å². The number of carbonyl (C=O) groups is 1. The minimum Gasteiger partial charge on any atom is -0.476 e. The second kappa shape index (κ2) is 3.24. The van der Waals surface area contributed by atoms with Crippen molar-refractivity contribution in [2.75, 3.05) is 0 Å². The Labute approximate surface area is 94.5 Å². The first-order valence-corrected chi connectivity index (χ1v) is 5.51. The molecule has 2 heterocycles. The normalized spacial score (nSPS) is 11.0. The standard InChI is InChI=1S/C11H6N2O2S/c14-11(15)9-7-3-1-2-6-4-5-16-10(6)8(7)12-13-9/h1-5H,(H,14,15). The molecule has 1 aromatic rings. The van der Waals surface area contributed by atoms with Crippen molar-refractivity contribution in [3.63, 3.8) is 0 Å². The maximum atomic E-state index is 11.0. The number of hydrogen-bond donors (Lipinski definition) is 1. The molecule has 1 aromatic heterocycles. The second-order valence-electron chi connectivity index (χ2n) is 3.35. The summed E-state index contributed by atoms with van der Waals surface area (Å²) in [5, 5.41) is 19.7. The lowest BCUT2D eigenvalue weighted by Gasteiger charge is -1.91. The number of aromatic carboxylic acids is 1. The number of carboxylic acids is 1. The van der Waals surface area contributed by atoms with Gasteiger partial charge < -0.3 is 5.11 Å². The molecule has 0 amide bonds. The Kier molecular flexibility index (Phi) is 1.87. The van der Waals surface area contributed by atoms with Crippen LogP contribution in [0.3, 0.4) is 0 Å². The van der Waals surface area contributed by atoms with E-state index in [0.29, 0.717) is 11.3 Å². The van der Waals surface area contributed by atoms with Crippen LogP contribution >= 0.6 is 11.3 Å². The molecule has 5 heteroatoms. The fourth-order valence-electron chi connectivity index (χ4n) is 1.69. The quantitative estimate of drug-likeness (QED) is 0.697. The Morgan fingerprint density at radius 3 is 2.94 bits per heavy atom. The molecule has 0 aromatic carbocycles. The zero-order chi connectivity index (χ0) is 11.1. The first kappa shape index (κ1) is 9.23. The molecule has 0 bridgehead atoms. The van der Waals surface area contributed by atoms with E-state index in [4.69, 9.17) is 5.11 Å². The maximum absolute atomic E-state index is 11.0. The predicted molar refractivity (Wildman–Crippen MR) is 61.0 cm³/mol. The molecule has 16 heavy (non-hydrogen) atoms. The van der Waals surface area contributed by atoms with Gasteiger partial charge in [-0.05, 0) is 16.8 Å². The molecule has 2 aliphatic rings. The van der Waals surface area contributed by atoms with Gasteiger partial charge in [0.2, 0.25) is 0 Å². The third kappa shape index (κ3) is 1.18. The minimum atomic E-state index is -1.04. The molecule has 0 saturated carbocycles. The maximum Gasteiger partial charge on any atom is 0.357 e. The molecule has 1 aliphatic heterocycles. The summed E-state index contributed by atoms with van der Waals surface area (Å²) in [6.45, 7) is 0. The van der Waals surface area contributed by atoms with Gasteiger partial charge in [-0.1, -0.05) is 18.2 Å². The van der Waals surface area contributed by atoms with Crippen molar-refractivity contribution in [3.8, 4) is 11.3 Å². The Balaban J connectivity index is 2.43. The molecular weight excluding hydrogens is 224 g/mol. The smallest absolute Gasteiger partial charge is 0.357 e. The number of nitrogens with zero attached hydrogens (tertiary/aromatic N) is 2. The van der Waals surface area contributed by atoms with Crippen LogP contribution in [0.2, 0.25) is 0 Å². The van der Waals surface area contributed by atoms with Gasteiger partial charge in [0.25, 0.3) is 0 Å². The van der Waals surface area contributed by atoms with Crippen LogP contribution in [0.4, 0.5) is 0 Å². The molecule has 0 saturated heterocycles. The van der Waals surface area contributed by atoms with Gasteiger partial charge in [-0.2, -0.15) is 0 Å². The zero-order valence-corrected chi connectivity index (χ0v) is 8.86. The lowest BCUT2D eigenvalue weighted by molar-refractivity contribution is 0.0691. The number of fused-ring (bicyclic) bond motifs is 3. The van der Waals surface area contributed by atoms with Gasteiger partial charge in [0, 0.05) is 5.56 Å². The summed E-state index contributed by atoms with van der Waals surface area (Å²) in [6.07, 6.45) is 0. The SMILES string of the molecule is O=C(O)c1nnc2c3sccc3cccc1-2. The van der Waals surface area contributed by atoms with Crippen molar-refractivity contribution in [1.29, 1.82) is 0 Å². The highest BCUT2D eigenvalue weighted by molar-refractivity contribution is 7.17. The molecule has 0 atom stereocenters. The Bertz CT molecular complexity index is 662. The summed E-state index contributed by atoms with van der Waals surface area (Å²) in [4.78, 5) is 11.0. The number of carboxylic acid groups (broad SMARTS) is 1. The Morgan fingerprint density at radius 2 is 2.12 bits per heavy atom. The van der Waals surface area contributed by atoms with E-state index < -0.39 is 5.97 Å². The largest absolute Gasteiger partial charge is 0.476 e. The molecule has 78 valence electrons. The van der Waals surface area contributed by atoms with Crippen molar-refractivity contribution in [2.24, 2.45) is 0 Å². The average Bonchev–Trinajstić information content (AvgIpc) is 2.82. The fourth-order valence-corrected chi connectivity index (χ4v) is 2.58. The summed E-state index contributed by atoms with van der Waals surface area (Å²) < 4.78 is 0.972. The van der Waals surface area contributed by atoms with Gasteiger partial charge in [-0.3, -0.25) is 0 Å². The summed E-state index contributed by atoms with van der Waals surface area (Å²) in [7, 11) is 0. The second-order valence-corrected chi connectivity index (χ2v) is 4.26. The van der Waals surface area contributed by atoms with Crippen molar-refractivity contribution in [3.05, 3.63) is 35.3 Å². The van der Waals surface area contributed by atoms with E-state index in [1.54, 1.807) is 6.07 Å². The van der Waals surface area contributed by atoms with E-state index >= 15 is 0 Å². The zero-order valence-electron chi connectivity index (χ0n) is 8.04. The third-order valence-electron chi connectivity index (χ3n) is 2.41. The van der Waals surface area contributed by atoms with E-state index in [0.717, 1.165) is 10.1 Å². The van der Waals surface area contributed by atoms with Crippen LogP contribution in [-0.2, 0) is 0 Å². The molecule has 0 unspecified atom stereocenters. The van der Waals surface area contributed by atoms with E-state index in [2.05, 4.69) is 10.2 Å². The summed E-state index contributed by atoms with van der Waals surface area (Å²) in [5.41, 5.74) is 1.26. The fraction of sp³-hybridized carbons (Fsp3) is 0. The predicted octanol–water partition coefficient (Wildman–Crippen LogP) is 2.49. The lowest BCUT2D eigenvalue weighted by Crippen LogP contribution is -1.97.